The molecule has 0 saturated heterocycles. The van der Waals surface area contributed by atoms with Crippen LogP contribution >= 0.6 is 0 Å². The summed E-state index contributed by atoms with van der Waals surface area (Å²) in [7, 11) is 0. The van der Waals surface area contributed by atoms with E-state index in [0.717, 1.165) is 38.5 Å². The molecule has 0 bridgehead atoms. The second kappa shape index (κ2) is 76.3. The Balaban J connectivity index is 3.27. The third-order valence-corrected chi connectivity index (χ3v) is 19.4. The number of aliphatic hydroxyl groups is 2. The Kier molecular flexibility index (Phi) is 75.3. The van der Waals surface area contributed by atoms with E-state index in [1.165, 1.54) is 405 Å². The van der Waals surface area contributed by atoms with Gasteiger partial charge in [-0.3, -0.25) is 9.59 Å². The lowest BCUT2D eigenvalue weighted by atomic mass is 10.0. The summed E-state index contributed by atoms with van der Waals surface area (Å²) in [6, 6.07) is -0.535. The van der Waals surface area contributed by atoms with Crippen LogP contribution in [0.3, 0.4) is 0 Å². The first kappa shape index (κ1) is 84.9. The summed E-state index contributed by atoms with van der Waals surface area (Å²) in [5, 5.41) is 23.4. The fourth-order valence-corrected chi connectivity index (χ4v) is 13.3. The SMILES string of the molecule is CCCCCCCCCCCCCCCCCC(=O)OCCCCCCCCCCCCCCCCCCCCCCCCCCCCCCCCCCCCCCCCCC(=O)NC(CO)C(O)CCCCCCCCCCCCCCCCC. The summed E-state index contributed by atoms with van der Waals surface area (Å²) in [4.78, 5) is 24.6. The summed E-state index contributed by atoms with van der Waals surface area (Å²) < 4.78 is 5.51. The number of nitrogens with one attached hydrogen (secondary N) is 1. The second-order valence-corrected chi connectivity index (χ2v) is 28.1. The van der Waals surface area contributed by atoms with Gasteiger partial charge in [0.15, 0.2) is 0 Å². The van der Waals surface area contributed by atoms with E-state index in [9.17, 15) is 19.8 Å². The van der Waals surface area contributed by atoms with Crippen LogP contribution in [0.15, 0.2) is 0 Å². The summed E-state index contributed by atoms with van der Waals surface area (Å²) in [6.45, 7) is 5.01. The monoisotopic (exact) mass is 1210 g/mol. The van der Waals surface area contributed by atoms with Crippen molar-refractivity contribution in [3.05, 3.63) is 0 Å². The predicted molar refractivity (Wildman–Crippen MR) is 380 cm³/mol. The van der Waals surface area contributed by atoms with Gasteiger partial charge in [0, 0.05) is 12.8 Å². The van der Waals surface area contributed by atoms with E-state index in [4.69, 9.17) is 4.74 Å². The molecule has 6 heteroatoms. The van der Waals surface area contributed by atoms with Crippen molar-refractivity contribution in [1.82, 2.24) is 5.32 Å². The van der Waals surface area contributed by atoms with Gasteiger partial charge in [0.05, 0.1) is 25.4 Å². The second-order valence-electron chi connectivity index (χ2n) is 28.1. The van der Waals surface area contributed by atoms with Crippen molar-refractivity contribution in [3.63, 3.8) is 0 Å². The molecule has 0 rings (SSSR count). The molecule has 0 radical (unpaired) electrons. The van der Waals surface area contributed by atoms with Crippen LogP contribution in [-0.2, 0) is 14.3 Å². The summed E-state index contributed by atoms with van der Waals surface area (Å²) in [6.07, 6.45) is 95.0. The summed E-state index contributed by atoms with van der Waals surface area (Å²) >= 11 is 0. The van der Waals surface area contributed by atoms with Gasteiger partial charge >= 0.3 is 5.97 Å². The number of hydrogen-bond acceptors (Lipinski definition) is 5. The van der Waals surface area contributed by atoms with Crippen LogP contribution in [0.5, 0.6) is 0 Å². The van der Waals surface area contributed by atoms with Crippen molar-refractivity contribution in [1.29, 1.82) is 0 Å². The maximum Gasteiger partial charge on any atom is 0.305 e. The third kappa shape index (κ3) is 71.9. The van der Waals surface area contributed by atoms with Gasteiger partial charge in [-0.15, -0.1) is 0 Å². The highest BCUT2D eigenvalue weighted by molar-refractivity contribution is 5.76. The van der Waals surface area contributed by atoms with Crippen LogP contribution in [-0.4, -0.2) is 47.4 Å². The molecule has 0 spiro atoms. The number of carbonyl (C=O) groups is 2. The molecule has 0 aliphatic heterocycles. The van der Waals surface area contributed by atoms with Crippen LogP contribution in [0.2, 0.25) is 0 Å². The molecule has 86 heavy (non-hydrogen) atoms. The fourth-order valence-electron chi connectivity index (χ4n) is 13.3. The molecule has 2 unspecified atom stereocenters. The molecule has 6 nitrogen and oxygen atoms in total. The minimum absolute atomic E-state index is 0.0245. The Morgan fingerprint density at radius 1 is 0.279 bits per heavy atom. The molecule has 0 aromatic heterocycles. The van der Waals surface area contributed by atoms with Gasteiger partial charge < -0.3 is 20.3 Å². The van der Waals surface area contributed by atoms with Crippen LogP contribution < -0.4 is 5.32 Å². The van der Waals surface area contributed by atoms with Gasteiger partial charge in [-0.05, 0) is 25.7 Å². The number of carbonyl (C=O) groups excluding carboxylic acids is 2. The molecule has 0 saturated carbocycles. The van der Waals surface area contributed by atoms with Crippen molar-refractivity contribution in [2.45, 2.75) is 488 Å². The lowest BCUT2D eigenvalue weighted by Crippen LogP contribution is -2.45. The standard InChI is InChI=1S/C80H159NO5/c1-3-5-7-9-11-13-15-17-44-48-52-56-60-64-68-72-78(83)77(76-82)81-79(84)73-69-65-61-57-53-49-46-42-40-38-36-34-32-30-28-26-24-22-20-19-21-23-25-27-29-31-33-35-37-39-41-43-47-51-55-59-63-67-71-75-86-80(85)74-70-66-62-58-54-50-45-18-16-14-12-10-8-6-4-2/h77-78,82-83H,3-76H2,1-2H3,(H,81,84). The average Bonchev–Trinajstić information content (AvgIpc) is 3.54. The highest BCUT2D eigenvalue weighted by Gasteiger charge is 2.20. The molecule has 3 N–H and O–H groups in total. The smallest absolute Gasteiger partial charge is 0.305 e. The molecule has 0 aromatic carbocycles. The Labute approximate surface area is 540 Å². The maximum atomic E-state index is 12.5. The number of hydrogen-bond donors (Lipinski definition) is 3. The Morgan fingerprint density at radius 2 is 0.477 bits per heavy atom. The van der Waals surface area contributed by atoms with Gasteiger partial charge in [0.25, 0.3) is 0 Å². The number of esters is 1. The van der Waals surface area contributed by atoms with Crippen molar-refractivity contribution in [2.75, 3.05) is 13.2 Å². The van der Waals surface area contributed by atoms with Crippen molar-refractivity contribution < 1.29 is 24.5 Å². The quantitative estimate of drug-likeness (QED) is 0.0417. The zero-order chi connectivity index (χ0) is 62.0. The van der Waals surface area contributed by atoms with Crippen LogP contribution in [0, 0.1) is 0 Å². The molecule has 0 aliphatic carbocycles. The fraction of sp³-hybridized carbons (Fsp3) is 0.975. The van der Waals surface area contributed by atoms with E-state index in [0.29, 0.717) is 25.9 Å². The highest BCUT2D eigenvalue weighted by Crippen LogP contribution is 2.21. The van der Waals surface area contributed by atoms with Gasteiger partial charge in [0.1, 0.15) is 0 Å². The molecule has 2 atom stereocenters. The van der Waals surface area contributed by atoms with E-state index in [2.05, 4.69) is 19.2 Å². The Morgan fingerprint density at radius 3 is 0.709 bits per heavy atom. The molecule has 514 valence electrons. The van der Waals surface area contributed by atoms with Crippen molar-refractivity contribution >= 4 is 11.9 Å². The van der Waals surface area contributed by atoms with E-state index in [-0.39, 0.29) is 18.5 Å². The molecule has 0 fully saturated rings. The number of aliphatic hydroxyl groups excluding tert-OH is 2. The molecular formula is C80H159NO5. The largest absolute Gasteiger partial charge is 0.466 e. The van der Waals surface area contributed by atoms with Gasteiger partial charge in [-0.2, -0.15) is 0 Å². The average molecular weight is 1220 g/mol. The first-order valence-corrected chi connectivity index (χ1v) is 40.3. The number of unbranched alkanes of at least 4 members (excludes halogenated alkanes) is 66. The predicted octanol–water partition coefficient (Wildman–Crippen LogP) is 26.5. The van der Waals surface area contributed by atoms with E-state index in [1.54, 1.807) is 0 Å². The summed E-state index contributed by atoms with van der Waals surface area (Å²) in [5.74, 6) is 0.00378. The molecule has 1 amide bonds. The van der Waals surface area contributed by atoms with Crippen LogP contribution in [0.4, 0.5) is 0 Å². The van der Waals surface area contributed by atoms with Crippen LogP contribution in [0.25, 0.3) is 0 Å². The molecule has 0 heterocycles. The van der Waals surface area contributed by atoms with Crippen molar-refractivity contribution in [2.24, 2.45) is 0 Å². The van der Waals surface area contributed by atoms with E-state index in [1.807, 2.05) is 0 Å². The highest BCUT2D eigenvalue weighted by atomic mass is 16.5. The minimum atomic E-state index is -0.659. The first-order valence-electron chi connectivity index (χ1n) is 40.3. The minimum Gasteiger partial charge on any atom is -0.466 e. The van der Waals surface area contributed by atoms with Crippen LogP contribution in [0.1, 0.15) is 476 Å². The third-order valence-electron chi connectivity index (χ3n) is 19.4. The van der Waals surface area contributed by atoms with Gasteiger partial charge in [-0.25, -0.2) is 0 Å². The lowest BCUT2D eigenvalue weighted by Gasteiger charge is -2.22. The molecular weight excluding hydrogens is 1050 g/mol. The van der Waals surface area contributed by atoms with E-state index < -0.39 is 12.1 Å². The molecule has 0 aromatic rings. The van der Waals surface area contributed by atoms with Gasteiger partial charge in [-0.1, -0.05) is 438 Å². The Bertz CT molecular complexity index is 1260. The zero-order valence-corrected chi connectivity index (χ0v) is 59.1. The van der Waals surface area contributed by atoms with E-state index >= 15 is 0 Å². The first-order chi connectivity index (χ1) is 42.5. The van der Waals surface area contributed by atoms with Gasteiger partial charge in [0.2, 0.25) is 5.91 Å². The van der Waals surface area contributed by atoms with Crippen molar-refractivity contribution in [3.8, 4) is 0 Å². The number of ether oxygens (including phenoxy) is 1. The Hall–Kier alpha value is -1.14. The summed E-state index contributed by atoms with van der Waals surface area (Å²) in [5.41, 5.74) is 0. The topological polar surface area (TPSA) is 95.9 Å². The zero-order valence-electron chi connectivity index (χ0n) is 59.1. The maximum absolute atomic E-state index is 12.5. The lowest BCUT2D eigenvalue weighted by molar-refractivity contribution is -0.143. The normalized spacial score (nSPS) is 12.4. The number of rotatable bonds is 77. The molecule has 0 aliphatic rings. The number of amides is 1.